The molecule has 1 aliphatic carbocycles. The Labute approximate surface area is 264 Å². The number of rotatable bonds is 5. The molecule has 2 heterocycles. The van der Waals surface area contributed by atoms with Gasteiger partial charge >= 0.3 is 0 Å². The van der Waals surface area contributed by atoms with Crippen LogP contribution >= 0.6 is 11.3 Å². The first-order valence-corrected chi connectivity index (χ1v) is 20.6. The Morgan fingerprint density at radius 1 is 0.674 bits per heavy atom. The lowest BCUT2D eigenvalue weighted by atomic mass is 9.67. The molecule has 0 unspecified atom stereocenters. The van der Waals surface area contributed by atoms with Gasteiger partial charge in [0.1, 0.15) is 9.52 Å². The summed E-state index contributed by atoms with van der Waals surface area (Å²) in [5.74, 6) is 0. The van der Waals surface area contributed by atoms with Crippen molar-refractivity contribution in [2.75, 3.05) is 0 Å². The molecular weight excluding hydrogens is 569 g/mol. The van der Waals surface area contributed by atoms with Crippen LogP contribution in [0, 0.1) is 0 Å². The second-order valence-corrected chi connectivity index (χ2v) is 21.4. The minimum atomic E-state index is -1.43. The fourth-order valence-corrected chi connectivity index (χ4v) is 10.8. The molecule has 43 heavy (non-hydrogen) atoms. The van der Waals surface area contributed by atoms with E-state index in [0.29, 0.717) is 9.52 Å². The number of thiophene rings is 1. The number of benzene rings is 4. The lowest BCUT2D eigenvalue weighted by molar-refractivity contribution is 0.590. The lowest BCUT2D eigenvalue weighted by Gasteiger charge is -2.34. The Kier molecular flexibility index (Phi) is 6.77. The van der Waals surface area contributed by atoms with Gasteiger partial charge in [-0.25, -0.2) is 0 Å². The zero-order valence-corrected chi connectivity index (χ0v) is 28.8. The number of hydrogen-bond acceptors (Lipinski definition) is 1. The maximum Gasteiger partial charge on any atom is 0.124 e. The van der Waals surface area contributed by atoms with Gasteiger partial charge in [-0.15, -0.1) is 11.3 Å². The molecule has 0 spiro atoms. The largest absolute Gasteiger partial charge is 0.136 e. The van der Waals surface area contributed by atoms with Crippen molar-refractivity contribution in [1.82, 2.24) is 0 Å². The van der Waals surface area contributed by atoms with Crippen LogP contribution in [0.5, 0.6) is 0 Å². The minimum absolute atomic E-state index is 0.118. The molecule has 2 radical (unpaired) electrons. The van der Waals surface area contributed by atoms with Crippen LogP contribution in [0.2, 0.25) is 19.6 Å². The predicted molar refractivity (Wildman–Crippen MR) is 191 cm³/mol. The van der Waals surface area contributed by atoms with E-state index in [-0.39, 0.29) is 10.8 Å². The summed E-state index contributed by atoms with van der Waals surface area (Å²) in [4.78, 5) is 2.84. The Morgan fingerprint density at radius 3 is 1.93 bits per heavy atom. The molecule has 0 bridgehead atoms. The van der Waals surface area contributed by atoms with Crippen molar-refractivity contribution >= 4 is 44.5 Å². The van der Waals surface area contributed by atoms with Gasteiger partial charge in [-0.1, -0.05) is 166 Å². The second kappa shape index (κ2) is 10.3. The molecule has 212 valence electrons. The maximum absolute atomic E-state index is 2.55. The summed E-state index contributed by atoms with van der Waals surface area (Å²) in [6.07, 6.45) is 2.55. The summed E-state index contributed by atoms with van der Waals surface area (Å²) in [7, 11) is -0.798. The van der Waals surface area contributed by atoms with E-state index in [1.165, 1.54) is 64.3 Å². The molecule has 0 N–H and O–H groups in total. The van der Waals surface area contributed by atoms with Crippen molar-refractivity contribution in [2.24, 2.45) is 0 Å². The highest BCUT2D eigenvalue weighted by Crippen LogP contribution is 2.60. The summed E-state index contributed by atoms with van der Waals surface area (Å²) in [5.41, 5.74) is 9.47. The topological polar surface area (TPSA) is 0 Å². The summed E-state index contributed by atoms with van der Waals surface area (Å²) >= 11 is 2.00. The molecule has 0 fully saturated rings. The normalized spacial score (nSPS) is 15.8. The molecule has 0 atom stereocenters. The first-order chi connectivity index (χ1) is 20.6. The summed E-state index contributed by atoms with van der Waals surface area (Å²) in [5, 5.41) is 4.49. The van der Waals surface area contributed by atoms with E-state index in [4.69, 9.17) is 0 Å². The fraction of sp³-hybridized carbons (Fsp3) is 0.200. The fourth-order valence-electron chi connectivity index (χ4n) is 6.68. The van der Waals surface area contributed by atoms with Crippen molar-refractivity contribution in [2.45, 2.75) is 51.2 Å². The molecule has 5 aromatic rings. The van der Waals surface area contributed by atoms with Crippen LogP contribution in [0.15, 0.2) is 127 Å². The molecule has 2 aliphatic rings. The van der Waals surface area contributed by atoms with Gasteiger partial charge in [-0.2, -0.15) is 0 Å². The minimum Gasteiger partial charge on any atom is -0.136 e. The van der Waals surface area contributed by atoms with Crippen molar-refractivity contribution in [1.29, 1.82) is 0 Å². The van der Waals surface area contributed by atoms with E-state index in [9.17, 15) is 0 Å². The summed E-state index contributed by atoms with van der Waals surface area (Å²) < 4.78 is 0. The first-order valence-electron chi connectivity index (χ1n) is 15.3. The average molecular weight is 607 g/mol. The highest BCUT2D eigenvalue weighted by Gasteiger charge is 2.50. The molecule has 7 rings (SSSR count). The van der Waals surface area contributed by atoms with Crippen LogP contribution in [0.1, 0.15) is 53.5 Å². The van der Waals surface area contributed by atoms with E-state index in [1.54, 1.807) is 0 Å². The number of allylic oxidation sites excluding steroid dienone is 2. The lowest BCUT2D eigenvalue weighted by Crippen LogP contribution is -2.37. The zero-order valence-electron chi connectivity index (χ0n) is 26.0. The number of hydrogen-bond donors (Lipinski definition) is 0. The van der Waals surface area contributed by atoms with Crippen LogP contribution < -0.4 is 5.19 Å². The third-order valence-electron chi connectivity index (χ3n) is 9.05. The van der Waals surface area contributed by atoms with Gasteiger partial charge in [0, 0.05) is 9.75 Å². The third-order valence-corrected chi connectivity index (χ3v) is 13.9. The van der Waals surface area contributed by atoms with E-state index in [1.807, 2.05) is 11.3 Å². The molecule has 0 amide bonds. The van der Waals surface area contributed by atoms with Gasteiger partial charge in [-0.3, -0.25) is 0 Å². The molecule has 1 aliphatic heterocycles. The smallest absolute Gasteiger partial charge is 0.124 e. The monoisotopic (exact) mass is 606 g/mol. The van der Waals surface area contributed by atoms with Crippen molar-refractivity contribution in [3.8, 4) is 10.4 Å². The highest BCUT2D eigenvalue weighted by atomic mass is 32.1. The third kappa shape index (κ3) is 4.70. The van der Waals surface area contributed by atoms with Gasteiger partial charge in [-0.05, 0) is 55.6 Å². The second-order valence-electron chi connectivity index (χ2n) is 14.0. The van der Waals surface area contributed by atoms with E-state index >= 15 is 0 Å². The van der Waals surface area contributed by atoms with E-state index in [2.05, 4.69) is 162 Å². The van der Waals surface area contributed by atoms with Crippen molar-refractivity contribution in [3.05, 3.63) is 160 Å². The van der Waals surface area contributed by atoms with Gasteiger partial charge in [0.05, 0.1) is 13.5 Å². The Bertz CT molecular complexity index is 1850. The van der Waals surface area contributed by atoms with Gasteiger partial charge < -0.3 is 0 Å². The molecule has 3 heteroatoms. The molecular formula is C40H38SSi2. The van der Waals surface area contributed by atoms with Crippen molar-refractivity contribution < 1.29 is 0 Å². The van der Waals surface area contributed by atoms with Crippen LogP contribution in [0.4, 0.5) is 0 Å². The predicted octanol–water partition coefficient (Wildman–Crippen LogP) is 10.1. The van der Waals surface area contributed by atoms with Crippen LogP contribution in [0.3, 0.4) is 0 Å². The standard InChI is InChI=1S/C40H38SSi2/c1-39(2,3)31-21-13-16-28(23-31)36-26-34-38(42-36)37-33(25-35(41-37)27-15-14-22-32(24-27)43(4,5)6)40(34,29-17-9-7-10-18-29)30-19-11-8-12-20-30/h7-26H,1-6H3. The summed E-state index contributed by atoms with van der Waals surface area (Å²) in [6.45, 7) is 14.2. The quantitative estimate of drug-likeness (QED) is 0.175. The van der Waals surface area contributed by atoms with Crippen LogP contribution in [0.25, 0.3) is 20.8 Å². The Balaban J connectivity index is 1.46. The molecule has 0 saturated heterocycles. The van der Waals surface area contributed by atoms with Gasteiger partial charge in [0.2, 0.25) is 0 Å². The van der Waals surface area contributed by atoms with Crippen LogP contribution in [-0.4, -0.2) is 17.6 Å². The summed E-state index contributed by atoms with van der Waals surface area (Å²) in [6, 6.07) is 43.6. The van der Waals surface area contributed by atoms with Crippen molar-refractivity contribution in [3.63, 3.8) is 0 Å². The Morgan fingerprint density at radius 2 is 1.30 bits per heavy atom. The van der Waals surface area contributed by atoms with Crippen LogP contribution in [-0.2, 0) is 10.8 Å². The zero-order chi connectivity index (χ0) is 30.0. The highest BCUT2D eigenvalue weighted by molar-refractivity contribution is 7.18. The molecule has 4 aromatic carbocycles. The SMILES string of the molecule is CC(C)(C)c1cccc(C2=CC3=C([Si]2)c2sc(-c4cccc([Si](C)(C)C)c4)cc2C3(c2ccccc2)c2ccccc2)c1. The molecule has 0 nitrogen and oxygen atoms in total. The average Bonchev–Trinajstić information content (AvgIpc) is 3.69. The molecule has 1 aromatic heterocycles. The van der Waals surface area contributed by atoms with E-state index in [0.717, 1.165) is 0 Å². The van der Waals surface area contributed by atoms with E-state index < -0.39 is 8.07 Å². The number of fused-ring (bicyclic) bond motifs is 2. The van der Waals surface area contributed by atoms with Gasteiger partial charge in [0.15, 0.2) is 0 Å². The maximum atomic E-state index is 2.55. The first kappa shape index (κ1) is 28.3. The molecule has 0 saturated carbocycles. The Hall–Kier alpha value is -3.51. The van der Waals surface area contributed by atoms with Gasteiger partial charge in [0.25, 0.3) is 0 Å².